The molecule has 0 saturated heterocycles. The topological polar surface area (TPSA) is 50.9 Å². The summed E-state index contributed by atoms with van der Waals surface area (Å²) in [6, 6.07) is 11.7. The number of benzene rings is 1. The van der Waals surface area contributed by atoms with Gasteiger partial charge in [0.1, 0.15) is 0 Å². The molecule has 0 aliphatic carbocycles. The van der Waals surface area contributed by atoms with Gasteiger partial charge in [-0.3, -0.25) is 0 Å². The van der Waals surface area contributed by atoms with Gasteiger partial charge >= 0.3 is 0 Å². The number of fused-ring (bicyclic) bond motifs is 1. The van der Waals surface area contributed by atoms with Crippen molar-refractivity contribution in [1.82, 2.24) is 14.8 Å². The van der Waals surface area contributed by atoms with Gasteiger partial charge in [-0.25, -0.2) is 9.67 Å². The molecule has 0 aliphatic rings. The fourth-order valence-electron chi connectivity index (χ4n) is 1.98. The molecule has 0 spiro atoms. The van der Waals surface area contributed by atoms with Crippen LogP contribution >= 0.6 is 0 Å². The van der Waals surface area contributed by atoms with Gasteiger partial charge in [0.05, 0.1) is 24.0 Å². The summed E-state index contributed by atoms with van der Waals surface area (Å²) >= 11 is 0. The number of hydrogen-bond donors (Lipinski definition) is 1. The summed E-state index contributed by atoms with van der Waals surface area (Å²) in [5, 5.41) is 14.6. The Labute approximate surface area is 105 Å². The van der Waals surface area contributed by atoms with E-state index < -0.39 is 0 Å². The Kier molecular flexibility index (Phi) is 2.57. The van der Waals surface area contributed by atoms with E-state index in [0.717, 1.165) is 16.7 Å². The van der Waals surface area contributed by atoms with Crippen molar-refractivity contribution in [2.45, 2.75) is 13.5 Å². The Morgan fingerprint density at radius 1 is 1.22 bits per heavy atom. The van der Waals surface area contributed by atoms with Gasteiger partial charge in [0, 0.05) is 5.39 Å². The number of aliphatic hydroxyl groups is 1. The van der Waals surface area contributed by atoms with Crippen LogP contribution in [0.4, 0.5) is 0 Å². The monoisotopic (exact) mass is 239 g/mol. The summed E-state index contributed by atoms with van der Waals surface area (Å²) in [5.74, 6) is 0.724. The fourth-order valence-corrected chi connectivity index (χ4v) is 1.98. The van der Waals surface area contributed by atoms with Crippen molar-refractivity contribution < 1.29 is 5.11 Å². The highest BCUT2D eigenvalue weighted by molar-refractivity contribution is 5.80. The molecule has 0 amide bonds. The molecule has 0 bridgehead atoms. The van der Waals surface area contributed by atoms with E-state index in [2.05, 4.69) is 22.2 Å². The van der Waals surface area contributed by atoms with Gasteiger partial charge in [-0.05, 0) is 30.7 Å². The second-order valence-corrected chi connectivity index (χ2v) is 4.26. The summed E-state index contributed by atoms with van der Waals surface area (Å²) < 4.78 is 1.79. The molecule has 3 aromatic rings. The molecule has 2 aromatic heterocycles. The van der Waals surface area contributed by atoms with Gasteiger partial charge in [-0.2, -0.15) is 5.10 Å². The van der Waals surface area contributed by atoms with Crippen molar-refractivity contribution >= 4 is 10.9 Å². The van der Waals surface area contributed by atoms with E-state index in [1.54, 1.807) is 10.7 Å². The average molecular weight is 239 g/mol. The van der Waals surface area contributed by atoms with Crippen LogP contribution in [0.3, 0.4) is 0 Å². The second-order valence-electron chi connectivity index (χ2n) is 4.26. The molecule has 0 unspecified atom stereocenters. The van der Waals surface area contributed by atoms with Gasteiger partial charge in [0.2, 0.25) is 0 Å². The first-order chi connectivity index (χ1) is 8.78. The second kappa shape index (κ2) is 4.23. The summed E-state index contributed by atoms with van der Waals surface area (Å²) in [5.41, 5.74) is 2.85. The number of nitrogens with zero attached hydrogens (tertiary/aromatic N) is 3. The van der Waals surface area contributed by atoms with Crippen LogP contribution in [0, 0.1) is 6.92 Å². The molecule has 0 radical (unpaired) electrons. The molecular weight excluding hydrogens is 226 g/mol. The van der Waals surface area contributed by atoms with E-state index in [1.807, 2.05) is 31.3 Å². The summed E-state index contributed by atoms with van der Waals surface area (Å²) in [4.78, 5) is 4.36. The maximum atomic E-state index is 9.12. The average Bonchev–Trinajstić information content (AvgIpc) is 2.81. The first kappa shape index (κ1) is 10.9. The van der Waals surface area contributed by atoms with E-state index in [9.17, 15) is 0 Å². The number of aryl methyl sites for hydroxylation is 1. The zero-order valence-corrected chi connectivity index (χ0v) is 10.0. The molecule has 3 rings (SSSR count). The number of rotatable bonds is 2. The molecular formula is C14H13N3O. The van der Waals surface area contributed by atoms with Gasteiger partial charge in [-0.1, -0.05) is 18.2 Å². The fraction of sp³-hybridized carbons (Fsp3) is 0.143. The number of aliphatic hydroxyl groups excluding tert-OH is 1. The van der Waals surface area contributed by atoms with E-state index in [4.69, 9.17) is 5.11 Å². The maximum Gasteiger partial charge on any atom is 0.154 e. The zero-order chi connectivity index (χ0) is 12.5. The summed E-state index contributed by atoms with van der Waals surface area (Å²) in [6.07, 6.45) is 1.82. The van der Waals surface area contributed by atoms with E-state index in [1.165, 1.54) is 5.56 Å². The molecule has 0 atom stereocenters. The first-order valence-corrected chi connectivity index (χ1v) is 5.79. The van der Waals surface area contributed by atoms with Crippen molar-refractivity contribution in [1.29, 1.82) is 0 Å². The summed E-state index contributed by atoms with van der Waals surface area (Å²) in [6.45, 7) is 1.99. The molecule has 0 saturated carbocycles. The number of pyridine rings is 1. The predicted octanol–water partition coefficient (Wildman–Crippen LogP) is 2.22. The minimum Gasteiger partial charge on any atom is -0.390 e. The highest BCUT2D eigenvalue weighted by Gasteiger charge is 2.06. The van der Waals surface area contributed by atoms with E-state index in [-0.39, 0.29) is 6.61 Å². The van der Waals surface area contributed by atoms with Crippen LogP contribution in [-0.4, -0.2) is 19.9 Å². The third kappa shape index (κ3) is 1.76. The Bertz CT molecular complexity index is 703. The quantitative estimate of drug-likeness (QED) is 0.746. The highest BCUT2D eigenvalue weighted by atomic mass is 16.3. The van der Waals surface area contributed by atoms with Crippen LogP contribution in [0.15, 0.2) is 42.6 Å². The zero-order valence-electron chi connectivity index (χ0n) is 10.0. The third-order valence-electron chi connectivity index (χ3n) is 2.90. The highest BCUT2D eigenvalue weighted by Crippen LogP contribution is 2.18. The lowest BCUT2D eigenvalue weighted by Crippen LogP contribution is -2.01. The molecule has 1 aromatic carbocycles. The first-order valence-electron chi connectivity index (χ1n) is 5.79. The van der Waals surface area contributed by atoms with Crippen LogP contribution in [-0.2, 0) is 6.61 Å². The number of aromatic nitrogens is 3. The molecule has 18 heavy (non-hydrogen) atoms. The van der Waals surface area contributed by atoms with Gasteiger partial charge in [0.25, 0.3) is 0 Å². The van der Waals surface area contributed by atoms with Crippen molar-refractivity contribution in [2.24, 2.45) is 0 Å². The Morgan fingerprint density at radius 3 is 2.94 bits per heavy atom. The lowest BCUT2D eigenvalue weighted by molar-refractivity contribution is 0.276. The van der Waals surface area contributed by atoms with Crippen LogP contribution in [0.2, 0.25) is 0 Å². The number of hydrogen-bond acceptors (Lipinski definition) is 3. The normalized spacial score (nSPS) is 11.0. The largest absolute Gasteiger partial charge is 0.390 e. The molecule has 90 valence electrons. The van der Waals surface area contributed by atoms with Crippen LogP contribution in [0.25, 0.3) is 16.7 Å². The standard InChI is InChI=1S/C14H13N3O/c1-10-5-6-11-8-15-17(13(11)7-10)14-4-2-3-12(9-18)16-14/h2-8,18H,9H2,1H3. The van der Waals surface area contributed by atoms with E-state index in [0.29, 0.717) is 5.69 Å². The smallest absolute Gasteiger partial charge is 0.154 e. The van der Waals surface area contributed by atoms with Crippen molar-refractivity contribution in [2.75, 3.05) is 0 Å². The van der Waals surface area contributed by atoms with Crippen LogP contribution in [0.1, 0.15) is 11.3 Å². The summed E-state index contributed by atoms with van der Waals surface area (Å²) in [7, 11) is 0. The molecule has 4 heteroatoms. The molecule has 0 fully saturated rings. The van der Waals surface area contributed by atoms with Gasteiger partial charge in [0.15, 0.2) is 5.82 Å². The lowest BCUT2D eigenvalue weighted by Gasteiger charge is -2.04. The van der Waals surface area contributed by atoms with Crippen molar-refractivity contribution in [3.8, 4) is 5.82 Å². The lowest BCUT2D eigenvalue weighted by atomic mass is 10.2. The maximum absolute atomic E-state index is 9.12. The Hall–Kier alpha value is -2.20. The van der Waals surface area contributed by atoms with Gasteiger partial charge in [-0.15, -0.1) is 0 Å². The minimum absolute atomic E-state index is 0.0634. The Balaban J connectivity index is 2.21. The minimum atomic E-state index is -0.0634. The molecule has 4 nitrogen and oxygen atoms in total. The van der Waals surface area contributed by atoms with Crippen LogP contribution < -0.4 is 0 Å². The van der Waals surface area contributed by atoms with Crippen molar-refractivity contribution in [3.63, 3.8) is 0 Å². The third-order valence-corrected chi connectivity index (χ3v) is 2.90. The Morgan fingerprint density at radius 2 is 2.11 bits per heavy atom. The van der Waals surface area contributed by atoms with Crippen LogP contribution in [0.5, 0.6) is 0 Å². The molecule has 1 N–H and O–H groups in total. The van der Waals surface area contributed by atoms with Gasteiger partial charge < -0.3 is 5.11 Å². The van der Waals surface area contributed by atoms with E-state index >= 15 is 0 Å². The van der Waals surface area contributed by atoms with Crippen molar-refractivity contribution in [3.05, 3.63) is 53.9 Å². The predicted molar refractivity (Wildman–Crippen MR) is 69.5 cm³/mol. The SMILES string of the molecule is Cc1ccc2cnn(-c3cccc(CO)n3)c2c1. The molecule has 0 aliphatic heterocycles. The molecule has 2 heterocycles.